The Morgan fingerprint density at radius 1 is 1.19 bits per heavy atom. The maximum absolute atomic E-state index is 13.1. The minimum atomic E-state index is -0.836. The molecule has 4 rings (SSSR count). The summed E-state index contributed by atoms with van der Waals surface area (Å²) in [6.45, 7) is 2.38. The van der Waals surface area contributed by atoms with Crippen molar-refractivity contribution >= 4 is 34.2 Å². The predicted molar refractivity (Wildman–Crippen MR) is 128 cm³/mol. The highest BCUT2D eigenvalue weighted by molar-refractivity contribution is 6.35. The van der Waals surface area contributed by atoms with Crippen LogP contribution < -0.4 is 10.2 Å². The number of aromatic nitrogens is 1. The van der Waals surface area contributed by atoms with E-state index in [0.29, 0.717) is 16.5 Å². The topological polar surface area (TPSA) is 85.7 Å². The first kappa shape index (κ1) is 23.3. The summed E-state index contributed by atoms with van der Waals surface area (Å²) in [5.41, 5.74) is 0.323. The Morgan fingerprint density at radius 2 is 1.97 bits per heavy atom. The standard InChI is InChI=1S/C25H34ClN3O3/c26-20-8-9-21-19(7-10-22(28-21)29-14-11-18(16-29)6-5-15-30)23(20)24(31)27-17-25(32)12-3-1-2-4-13-25/h7-10,18,30,32H,1-6,11-17H2,(H,27,31)/t18-/m0/s1. The van der Waals surface area contributed by atoms with Crippen LogP contribution in [0.1, 0.15) is 68.1 Å². The first-order valence-electron chi connectivity index (χ1n) is 11.9. The number of carbonyl (C=O) groups excluding carboxylic acids is 1. The van der Waals surface area contributed by atoms with Crippen LogP contribution in [0.25, 0.3) is 10.9 Å². The van der Waals surface area contributed by atoms with Crippen molar-refractivity contribution in [2.24, 2.45) is 5.92 Å². The first-order valence-corrected chi connectivity index (χ1v) is 12.3. The number of rotatable bonds is 7. The number of fused-ring (bicyclic) bond motifs is 1. The first-order chi connectivity index (χ1) is 15.5. The summed E-state index contributed by atoms with van der Waals surface area (Å²) in [5.74, 6) is 1.23. The van der Waals surface area contributed by atoms with Gasteiger partial charge in [0.15, 0.2) is 0 Å². The third-order valence-electron chi connectivity index (χ3n) is 7.03. The zero-order valence-electron chi connectivity index (χ0n) is 18.7. The molecule has 0 unspecified atom stereocenters. The number of nitrogens with zero attached hydrogens (tertiary/aromatic N) is 2. The average molecular weight is 460 g/mol. The molecule has 1 aromatic heterocycles. The molecule has 2 heterocycles. The Labute approximate surface area is 195 Å². The molecule has 0 radical (unpaired) electrons. The van der Waals surface area contributed by atoms with Gasteiger partial charge in [-0.3, -0.25) is 4.79 Å². The van der Waals surface area contributed by atoms with Crippen molar-refractivity contribution in [2.75, 3.05) is 31.1 Å². The number of aliphatic hydroxyl groups is 2. The maximum atomic E-state index is 13.1. The Hall–Kier alpha value is -1.89. The third-order valence-corrected chi connectivity index (χ3v) is 7.34. The molecule has 2 fully saturated rings. The number of aliphatic hydroxyl groups excluding tert-OH is 1. The van der Waals surface area contributed by atoms with Crippen molar-refractivity contribution in [3.8, 4) is 0 Å². The van der Waals surface area contributed by atoms with Crippen LogP contribution in [-0.2, 0) is 0 Å². The number of carbonyl (C=O) groups is 1. The Bertz CT molecular complexity index is 943. The number of anilines is 1. The molecule has 174 valence electrons. The second-order valence-corrected chi connectivity index (χ2v) is 9.85. The molecule has 1 atom stereocenters. The highest BCUT2D eigenvalue weighted by Gasteiger charge is 2.29. The van der Waals surface area contributed by atoms with Crippen molar-refractivity contribution in [1.29, 1.82) is 0 Å². The van der Waals surface area contributed by atoms with Crippen molar-refractivity contribution in [3.63, 3.8) is 0 Å². The third kappa shape index (κ3) is 5.36. The average Bonchev–Trinajstić information content (AvgIpc) is 3.16. The lowest BCUT2D eigenvalue weighted by atomic mass is 9.94. The van der Waals surface area contributed by atoms with Crippen LogP contribution in [0.2, 0.25) is 5.02 Å². The number of hydrogen-bond acceptors (Lipinski definition) is 5. The van der Waals surface area contributed by atoms with E-state index in [1.165, 1.54) is 0 Å². The second-order valence-electron chi connectivity index (χ2n) is 9.45. The molecule has 6 nitrogen and oxygen atoms in total. The van der Waals surface area contributed by atoms with Crippen LogP contribution in [0.4, 0.5) is 5.82 Å². The van der Waals surface area contributed by atoms with Crippen molar-refractivity contribution in [3.05, 3.63) is 34.9 Å². The van der Waals surface area contributed by atoms with E-state index in [2.05, 4.69) is 10.2 Å². The fourth-order valence-corrected chi connectivity index (χ4v) is 5.38. The molecule has 1 saturated carbocycles. The zero-order valence-corrected chi connectivity index (χ0v) is 19.4. The van der Waals surface area contributed by atoms with Gasteiger partial charge in [0.25, 0.3) is 5.91 Å². The molecule has 1 aliphatic heterocycles. The predicted octanol–water partition coefficient (Wildman–Crippen LogP) is 4.30. The largest absolute Gasteiger partial charge is 0.396 e. The number of halogens is 1. The van der Waals surface area contributed by atoms with Gasteiger partial charge in [-0.05, 0) is 62.3 Å². The molecule has 1 aromatic carbocycles. The summed E-state index contributed by atoms with van der Waals surface area (Å²) < 4.78 is 0. The van der Waals surface area contributed by atoms with Crippen LogP contribution in [0.15, 0.2) is 24.3 Å². The second kappa shape index (κ2) is 10.4. The highest BCUT2D eigenvalue weighted by atomic mass is 35.5. The van der Waals surface area contributed by atoms with Crippen molar-refractivity contribution < 1.29 is 15.0 Å². The number of benzene rings is 1. The summed E-state index contributed by atoms with van der Waals surface area (Å²) in [5, 5.41) is 24.0. The van der Waals surface area contributed by atoms with Gasteiger partial charge in [-0.15, -0.1) is 0 Å². The fourth-order valence-electron chi connectivity index (χ4n) is 5.13. The van der Waals surface area contributed by atoms with E-state index in [1.807, 2.05) is 18.2 Å². The van der Waals surface area contributed by atoms with Gasteiger partial charge in [0.2, 0.25) is 0 Å². The smallest absolute Gasteiger partial charge is 0.253 e. The minimum absolute atomic E-state index is 0.243. The monoisotopic (exact) mass is 459 g/mol. The Kier molecular flexibility index (Phi) is 7.54. The normalized spacial score (nSPS) is 21.0. The molecule has 32 heavy (non-hydrogen) atoms. The van der Waals surface area contributed by atoms with E-state index >= 15 is 0 Å². The van der Waals surface area contributed by atoms with Crippen LogP contribution in [0.3, 0.4) is 0 Å². The van der Waals surface area contributed by atoms with Gasteiger partial charge in [0, 0.05) is 31.6 Å². The molecule has 7 heteroatoms. The van der Waals surface area contributed by atoms with E-state index in [-0.39, 0.29) is 19.1 Å². The van der Waals surface area contributed by atoms with Gasteiger partial charge in [0.1, 0.15) is 5.82 Å². The summed E-state index contributed by atoms with van der Waals surface area (Å²) in [6, 6.07) is 7.47. The van der Waals surface area contributed by atoms with E-state index < -0.39 is 5.60 Å². The Morgan fingerprint density at radius 3 is 2.72 bits per heavy atom. The Balaban J connectivity index is 1.49. The van der Waals surface area contributed by atoms with Crippen molar-refractivity contribution in [2.45, 2.75) is 63.4 Å². The summed E-state index contributed by atoms with van der Waals surface area (Å²) in [4.78, 5) is 20.2. The molecule has 1 saturated heterocycles. The SMILES string of the molecule is O=C(NCC1(O)CCCCCC1)c1c(Cl)ccc2nc(N3CC[C@H](CCCO)C3)ccc12. The molecule has 0 spiro atoms. The van der Waals surface area contributed by atoms with Crippen LogP contribution in [0.5, 0.6) is 0 Å². The van der Waals surface area contributed by atoms with Gasteiger partial charge in [-0.1, -0.05) is 37.3 Å². The number of hydrogen-bond donors (Lipinski definition) is 3. The lowest BCUT2D eigenvalue weighted by Crippen LogP contribution is -2.42. The molecule has 1 amide bonds. The number of nitrogens with one attached hydrogen (secondary N) is 1. The summed E-state index contributed by atoms with van der Waals surface area (Å²) >= 11 is 6.43. The molecule has 2 aliphatic rings. The summed E-state index contributed by atoms with van der Waals surface area (Å²) in [7, 11) is 0. The van der Waals surface area contributed by atoms with Crippen molar-refractivity contribution in [1.82, 2.24) is 10.3 Å². The molecule has 3 N–H and O–H groups in total. The molecule has 2 aromatic rings. The lowest BCUT2D eigenvalue weighted by molar-refractivity contribution is 0.0247. The van der Waals surface area contributed by atoms with E-state index in [4.69, 9.17) is 21.7 Å². The lowest BCUT2D eigenvalue weighted by Gasteiger charge is -2.27. The molecular formula is C25H34ClN3O3. The van der Waals surface area contributed by atoms with Crippen LogP contribution >= 0.6 is 11.6 Å². The number of amides is 1. The minimum Gasteiger partial charge on any atom is -0.396 e. The molecule has 1 aliphatic carbocycles. The van der Waals surface area contributed by atoms with Crippen LogP contribution in [0, 0.1) is 5.92 Å². The summed E-state index contributed by atoms with van der Waals surface area (Å²) in [6.07, 6.45) is 8.68. The zero-order chi connectivity index (χ0) is 22.6. The quantitative estimate of drug-likeness (QED) is 0.537. The highest BCUT2D eigenvalue weighted by Crippen LogP contribution is 2.31. The van der Waals surface area contributed by atoms with E-state index in [1.54, 1.807) is 6.07 Å². The van der Waals surface area contributed by atoms with E-state index in [9.17, 15) is 9.90 Å². The van der Waals surface area contributed by atoms with Gasteiger partial charge >= 0.3 is 0 Å². The number of pyridine rings is 1. The van der Waals surface area contributed by atoms with Crippen LogP contribution in [-0.4, -0.2) is 52.9 Å². The molecular weight excluding hydrogens is 426 g/mol. The fraction of sp³-hybridized carbons (Fsp3) is 0.600. The van der Waals surface area contributed by atoms with Gasteiger partial charge in [0.05, 0.1) is 21.7 Å². The van der Waals surface area contributed by atoms with E-state index in [0.717, 1.165) is 87.6 Å². The van der Waals surface area contributed by atoms with Gasteiger partial charge in [-0.2, -0.15) is 0 Å². The van der Waals surface area contributed by atoms with Gasteiger partial charge < -0.3 is 20.4 Å². The van der Waals surface area contributed by atoms with Gasteiger partial charge in [-0.25, -0.2) is 4.98 Å². The maximum Gasteiger partial charge on any atom is 0.253 e. The molecule has 0 bridgehead atoms.